The second-order valence-corrected chi connectivity index (χ2v) is 7.76. The van der Waals surface area contributed by atoms with Crippen LogP contribution in [0.5, 0.6) is 0 Å². The molecule has 0 spiro atoms. The SMILES string of the molecule is CNS(=O)(=O)N(CC(=O)O)C1CCS(=O)(=O)C1. The van der Waals surface area contributed by atoms with Crippen molar-refractivity contribution >= 4 is 26.0 Å². The van der Waals surface area contributed by atoms with Gasteiger partial charge in [0.15, 0.2) is 9.84 Å². The number of carboxylic acids is 1. The van der Waals surface area contributed by atoms with Gasteiger partial charge in [-0.15, -0.1) is 0 Å². The minimum absolute atomic E-state index is 0.118. The Hall–Kier alpha value is -0.710. The first-order valence-corrected chi connectivity index (χ1v) is 8.06. The van der Waals surface area contributed by atoms with Gasteiger partial charge in [0.2, 0.25) is 0 Å². The molecule has 0 radical (unpaired) electrons. The molecule has 0 amide bonds. The third-order valence-corrected chi connectivity index (χ3v) is 5.78. The van der Waals surface area contributed by atoms with E-state index in [0.717, 1.165) is 7.05 Å². The average Bonchev–Trinajstić information content (AvgIpc) is 2.54. The molecule has 1 aliphatic rings. The summed E-state index contributed by atoms with van der Waals surface area (Å²) in [7, 11) is -6.08. The van der Waals surface area contributed by atoms with Gasteiger partial charge in [-0.25, -0.2) is 13.1 Å². The number of hydrogen-bond donors (Lipinski definition) is 2. The molecule has 1 rings (SSSR count). The van der Waals surface area contributed by atoms with E-state index in [1.165, 1.54) is 0 Å². The Morgan fingerprint density at radius 3 is 2.47 bits per heavy atom. The summed E-state index contributed by atoms with van der Waals surface area (Å²) in [6.07, 6.45) is 0.122. The van der Waals surface area contributed by atoms with Crippen LogP contribution in [0, 0.1) is 0 Å². The number of carbonyl (C=O) groups is 1. The summed E-state index contributed by atoms with van der Waals surface area (Å²) in [4.78, 5) is 10.6. The monoisotopic (exact) mass is 286 g/mol. The van der Waals surface area contributed by atoms with Crippen LogP contribution in [0.2, 0.25) is 0 Å². The fourth-order valence-electron chi connectivity index (χ4n) is 1.66. The first-order chi connectivity index (χ1) is 7.68. The van der Waals surface area contributed by atoms with E-state index in [1.54, 1.807) is 0 Å². The van der Waals surface area contributed by atoms with E-state index >= 15 is 0 Å². The standard InChI is InChI=1S/C7H14N2O6S2/c1-8-17(14,15)9(4-7(10)11)6-2-3-16(12,13)5-6/h6,8H,2-5H2,1H3,(H,10,11). The Morgan fingerprint density at radius 1 is 1.53 bits per heavy atom. The molecule has 8 nitrogen and oxygen atoms in total. The van der Waals surface area contributed by atoms with E-state index in [0.29, 0.717) is 4.31 Å². The molecule has 1 saturated heterocycles. The third-order valence-electron chi connectivity index (χ3n) is 2.47. The predicted molar refractivity (Wildman–Crippen MR) is 59.4 cm³/mol. The molecule has 17 heavy (non-hydrogen) atoms. The van der Waals surface area contributed by atoms with Crippen molar-refractivity contribution in [2.24, 2.45) is 0 Å². The van der Waals surface area contributed by atoms with E-state index in [9.17, 15) is 21.6 Å². The van der Waals surface area contributed by atoms with Gasteiger partial charge < -0.3 is 5.11 Å². The summed E-state index contributed by atoms with van der Waals surface area (Å²) in [5.41, 5.74) is 0. The van der Waals surface area contributed by atoms with Crippen molar-refractivity contribution in [1.29, 1.82) is 0 Å². The van der Waals surface area contributed by atoms with Crippen molar-refractivity contribution in [3.63, 3.8) is 0 Å². The van der Waals surface area contributed by atoms with Crippen molar-refractivity contribution in [2.75, 3.05) is 25.1 Å². The van der Waals surface area contributed by atoms with E-state index in [1.807, 2.05) is 4.72 Å². The van der Waals surface area contributed by atoms with Gasteiger partial charge >= 0.3 is 5.97 Å². The summed E-state index contributed by atoms with van der Waals surface area (Å²) >= 11 is 0. The molecule has 1 atom stereocenters. The van der Waals surface area contributed by atoms with Crippen LogP contribution in [0.25, 0.3) is 0 Å². The van der Waals surface area contributed by atoms with Crippen molar-refractivity contribution in [1.82, 2.24) is 9.03 Å². The summed E-state index contributed by atoms with van der Waals surface area (Å²) < 4.78 is 48.4. The van der Waals surface area contributed by atoms with Crippen LogP contribution in [0.1, 0.15) is 6.42 Å². The maximum Gasteiger partial charge on any atom is 0.318 e. The van der Waals surface area contributed by atoms with Gasteiger partial charge in [-0.3, -0.25) is 4.79 Å². The molecule has 1 aliphatic heterocycles. The molecule has 1 unspecified atom stereocenters. The second kappa shape index (κ2) is 4.88. The second-order valence-electron chi connectivity index (χ2n) is 3.70. The fourth-order valence-corrected chi connectivity index (χ4v) is 4.58. The number of sulfone groups is 1. The van der Waals surface area contributed by atoms with Crippen LogP contribution in [0.3, 0.4) is 0 Å². The van der Waals surface area contributed by atoms with Crippen LogP contribution in [-0.4, -0.2) is 63.4 Å². The Balaban J connectivity index is 2.97. The molecule has 1 heterocycles. The minimum Gasteiger partial charge on any atom is -0.480 e. The molecule has 0 bridgehead atoms. The van der Waals surface area contributed by atoms with E-state index in [-0.39, 0.29) is 17.9 Å². The van der Waals surface area contributed by atoms with Gasteiger partial charge in [-0.1, -0.05) is 0 Å². The van der Waals surface area contributed by atoms with Gasteiger partial charge in [0.05, 0.1) is 11.5 Å². The Morgan fingerprint density at radius 2 is 2.12 bits per heavy atom. The zero-order valence-electron chi connectivity index (χ0n) is 9.16. The van der Waals surface area contributed by atoms with E-state index < -0.39 is 38.6 Å². The maximum atomic E-state index is 11.6. The highest BCUT2D eigenvalue weighted by Gasteiger charge is 2.38. The van der Waals surface area contributed by atoms with Gasteiger partial charge in [0.1, 0.15) is 6.54 Å². The number of carboxylic acid groups (broad SMARTS) is 1. The largest absolute Gasteiger partial charge is 0.480 e. The Kier molecular flexibility index (Phi) is 4.12. The smallest absolute Gasteiger partial charge is 0.318 e. The quantitative estimate of drug-likeness (QED) is 0.604. The zero-order chi connectivity index (χ0) is 13.3. The Labute approximate surface area is 99.7 Å². The summed E-state index contributed by atoms with van der Waals surface area (Å²) in [6.45, 7) is -0.747. The molecular formula is C7H14N2O6S2. The van der Waals surface area contributed by atoms with Crippen molar-refractivity contribution in [2.45, 2.75) is 12.5 Å². The fraction of sp³-hybridized carbons (Fsp3) is 0.857. The number of nitrogens with zero attached hydrogens (tertiary/aromatic N) is 1. The molecule has 1 fully saturated rings. The van der Waals surface area contributed by atoms with Gasteiger partial charge in [-0.2, -0.15) is 12.7 Å². The zero-order valence-corrected chi connectivity index (χ0v) is 10.8. The topological polar surface area (TPSA) is 121 Å². The first-order valence-electron chi connectivity index (χ1n) is 4.80. The third kappa shape index (κ3) is 3.63. The molecule has 0 saturated carbocycles. The molecule has 2 N–H and O–H groups in total. The van der Waals surface area contributed by atoms with E-state index in [4.69, 9.17) is 5.11 Å². The molecule has 0 aromatic heterocycles. The van der Waals surface area contributed by atoms with Crippen LogP contribution >= 0.6 is 0 Å². The summed E-state index contributed by atoms with van der Waals surface area (Å²) in [5.74, 6) is -1.78. The lowest BCUT2D eigenvalue weighted by molar-refractivity contribution is -0.137. The van der Waals surface area contributed by atoms with Gasteiger partial charge in [-0.05, 0) is 6.42 Å². The lowest BCUT2D eigenvalue weighted by Crippen LogP contribution is -2.48. The summed E-state index contributed by atoms with van der Waals surface area (Å²) in [6, 6.07) is -0.812. The Bertz CT molecular complexity index is 496. The van der Waals surface area contributed by atoms with E-state index in [2.05, 4.69) is 0 Å². The van der Waals surface area contributed by atoms with Crippen molar-refractivity contribution in [3.8, 4) is 0 Å². The average molecular weight is 286 g/mol. The van der Waals surface area contributed by atoms with Gasteiger partial charge in [0.25, 0.3) is 10.2 Å². The highest BCUT2D eigenvalue weighted by molar-refractivity contribution is 7.91. The van der Waals surface area contributed by atoms with Crippen LogP contribution in [0.15, 0.2) is 0 Å². The van der Waals surface area contributed by atoms with Crippen molar-refractivity contribution < 1.29 is 26.7 Å². The lowest BCUT2D eigenvalue weighted by atomic mass is 10.2. The molecule has 0 aromatic rings. The normalized spacial score (nSPS) is 24.0. The number of aliphatic carboxylic acids is 1. The highest BCUT2D eigenvalue weighted by atomic mass is 32.2. The maximum absolute atomic E-state index is 11.6. The van der Waals surface area contributed by atoms with Crippen LogP contribution in [0.4, 0.5) is 0 Å². The number of rotatable bonds is 5. The van der Waals surface area contributed by atoms with Crippen molar-refractivity contribution in [3.05, 3.63) is 0 Å². The number of nitrogens with one attached hydrogen (secondary N) is 1. The predicted octanol–water partition coefficient (Wildman–Crippen LogP) is -1.98. The van der Waals surface area contributed by atoms with Crippen LogP contribution in [-0.2, 0) is 24.8 Å². The summed E-state index contributed by atoms with van der Waals surface area (Å²) in [5, 5.41) is 8.65. The number of hydrogen-bond acceptors (Lipinski definition) is 5. The minimum atomic E-state index is -3.95. The molecule has 100 valence electrons. The lowest BCUT2D eigenvalue weighted by Gasteiger charge is -2.24. The molecule has 0 aliphatic carbocycles. The molecule has 10 heteroatoms. The van der Waals surface area contributed by atoms with Crippen LogP contribution < -0.4 is 4.72 Å². The highest BCUT2D eigenvalue weighted by Crippen LogP contribution is 2.19. The molecular weight excluding hydrogens is 272 g/mol. The molecule has 0 aromatic carbocycles. The first kappa shape index (κ1) is 14.4. The van der Waals surface area contributed by atoms with Gasteiger partial charge in [0, 0.05) is 13.1 Å².